The molecule has 0 radical (unpaired) electrons. The molecule has 2 N–H and O–H groups in total. The third-order valence-corrected chi connectivity index (χ3v) is 5.52. The van der Waals surface area contributed by atoms with E-state index in [0.717, 1.165) is 22.3 Å². The van der Waals surface area contributed by atoms with Crippen molar-refractivity contribution in [3.05, 3.63) is 69.7 Å². The van der Waals surface area contributed by atoms with Crippen LogP contribution in [0.15, 0.2) is 53.5 Å². The molecule has 4 rings (SSSR count). The van der Waals surface area contributed by atoms with Crippen molar-refractivity contribution in [2.75, 3.05) is 18.5 Å². The van der Waals surface area contributed by atoms with Crippen LogP contribution >= 0.6 is 11.6 Å². The van der Waals surface area contributed by atoms with Crippen LogP contribution in [0.2, 0.25) is 5.02 Å². The number of nitrogens with zero attached hydrogens (tertiary/aromatic N) is 4. The number of fused-ring (bicyclic) bond motifs is 1. The minimum absolute atomic E-state index is 0.0864. The van der Waals surface area contributed by atoms with Crippen LogP contribution in [0.3, 0.4) is 0 Å². The van der Waals surface area contributed by atoms with Gasteiger partial charge in [-0.3, -0.25) is 14.3 Å². The van der Waals surface area contributed by atoms with E-state index < -0.39 is 0 Å². The maximum absolute atomic E-state index is 13.3. The zero-order chi connectivity index (χ0) is 22.7. The van der Waals surface area contributed by atoms with Gasteiger partial charge >= 0.3 is 0 Å². The number of benzene rings is 1. The second-order valence-electron chi connectivity index (χ2n) is 7.44. The fraction of sp³-hybridized carbons (Fsp3) is 0.250. The number of aliphatic hydroxyl groups is 1. The van der Waals surface area contributed by atoms with Gasteiger partial charge in [-0.1, -0.05) is 29.8 Å². The molecule has 1 aromatic carbocycles. The third kappa shape index (κ3) is 4.35. The number of hydrogen-bond donors (Lipinski definition) is 2. The molecule has 0 saturated heterocycles. The number of rotatable bonds is 7. The molecule has 3 aromatic heterocycles. The zero-order valence-corrected chi connectivity index (χ0v) is 18.7. The first-order chi connectivity index (χ1) is 15.5. The molecular weight excluding hydrogens is 426 g/mol. The molecular formula is C24H24ClN5O2. The van der Waals surface area contributed by atoms with Gasteiger partial charge in [-0.15, -0.1) is 0 Å². The van der Waals surface area contributed by atoms with Gasteiger partial charge < -0.3 is 10.4 Å². The van der Waals surface area contributed by atoms with Crippen molar-refractivity contribution in [1.82, 2.24) is 19.5 Å². The fourth-order valence-electron chi connectivity index (χ4n) is 3.61. The lowest BCUT2D eigenvalue weighted by atomic mass is 10.0. The average Bonchev–Trinajstić information content (AvgIpc) is 2.79. The van der Waals surface area contributed by atoms with Crippen LogP contribution in [-0.2, 0) is 6.54 Å². The summed E-state index contributed by atoms with van der Waals surface area (Å²) >= 11 is 6.63. The first-order valence-electron chi connectivity index (χ1n) is 10.5. The van der Waals surface area contributed by atoms with Crippen LogP contribution in [0.25, 0.3) is 33.4 Å². The molecule has 4 aromatic rings. The quantitative estimate of drug-likeness (QED) is 0.409. The Morgan fingerprint density at radius 3 is 2.69 bits per heavy atom. The van der Waals surface area contributed by atoms with E-state index in [0.29, 0.717) is 47.3 Å². The van der Waals surface area contributed by atoms with E-state index >= 15 is 0 Å². The van der Waals surface area contributed by atoms with Gasteiger partial charge in [0.25, 0.3) is 5.56 Å². The smallest absolute Gasteiger partial charge is 0.260 e. The Balaban J connectivity index is 1.78. The second-order valence-corrected chi connectivity index (χ2v) is 7.85. The van der Waals surface area contributed by atoms with Gasteiger partial charge in [0.1, 0.15) is 5.65 Å². The lowest BCUT2D eigenvalue weighted by molar-refractivity contribution is 0.292. The summed E-state index contributed by atoms with van der Waals surface area (Å²) in [4.78, 5) is 26.7. The molecule has 0 saturated carbocycles. The normalized spacial score (nSPS) is 11.1. The topological polar surface area (TPSA) is 92.9 Å². The lowest BCUT2D eigenvalue weighted by Crippen LogP contribution is -2.22. The SMILES string of the molecule is CCn1c(=O)c(-c2ccc(-c3cccc(C)n3)cc2Cl)cc2cnc(NCCCO)nc21. The molecule has 0 spiro atoms. The minimum Gasteiger partial charge on any atom is -0.396 e. The molecule has 0 aliphatic heterocycles. The van der Waals surface area contributed by atoms with Gasteiger partial charge in [0.15, 0.2) is 0 Å². The average molecular weight is 450 g/mol. The molecule has 0 aliphatic carbocycles. The maximum Gasteiger partial charge on any atom is 0.260 e. The molecule has 8 heteroatoms. The highest BCUT2D eigenvalue weighted by Gasteiger charge is 2.15. The summed E-state index contributed by atoms with van der Waals surface area (Å²) in [6, 6.07) is 13.2. The van der Waals surface area contributed by atoms with Crippen molar-refractivity contribution in [3.8, 4) is 22.4 Å². The van der Waals surface area contributed by atoms with E-state index in [4.69, 9.17) is 16.7 Å². The number of halogens is 1. The Kier molecular flexibility index (Phi) is 6.48. The van der Waals surface area contributed by atoms with Crippen LogP contribution < -0.4 is 10.9 Å². The fourth-order valence-corrected chi connectivity index (χ4v) is 3.89. The maximum atomic E-state index is 13.3. The number of nitrogens with one attached hydrogen (secondary N) is 1. The first-order valence-corrected chi connectivity index (χ1v) is 10.9. The van der Waals surface area contributed by atoms with E-state index in [1.165, 1.54) is 0 Å². The predicted octanol–water partition coefficient (Wildman–Crippen LogP) is 4.30. The number of pyridine rings is 2. The number of aliphatic hydroxyl groups excluding tert-OH is 1. The van der Waals surface area contributed by atoms with Gasteiger partial charge in [-0.25, -0.2) is 4.98 Å². The summed E-state index contributed by atoms with van der Waals surface area (Å²) in [6.45, 7) is 4.94. The number of hydrogen-bond acceptors (Lipinski definition) is 6. The highest BCUT2D eigenvalue weighted by molar-refractivity contribution is 6.33. The van der Waals surface area contributed by atoms with E-state index in [1.54, 1.807) is 16.8 Å². The van der Waals surface area contributed by atoms with Crippen LogP contribution in [0.4, 0.5) is 5.95 Å². The summed E-state index contributed by atoms with van der Waals surface area (Å²) in [5.74, 6) is 0.424. The lowest BCUT2D eigenvalue weighted by Gasteiger charge is -2.13. The third-order valence-electron chi connectivity index (χ3n) is 5.20. The highest BCUT2D eigenvalue weighted by Crippen LogP contribution is 2.31. The molecule has 7 nitrogen and oxygen atoms in total. The molecule has 3 heterocycles. The Labute approximate surface area is 190 Å². The summed E-state index contributed by atoms with van der Waals surface area (Å²) in [5.41, 5.74) is 4.19. The second kappa shape index (κ2) is 9.46. The number of anilines is 1. The van der Waals surface area contributed by atoms with Crippen molar-refractivity contribution < 1.29 is 5.11 Å². The Bertz CT molecular complexity index is 1340. The molecule has 0 amide bonds. The molecule has 0 bridgehead atoms. The Morgan fingerprint density at radius 2 is 1.97 bits per heavy atom. The summed E-state index contributed by atoms with van der Waals surface area (Å²) in [5, 5.41) is 13.2. The monoisotopic (exact) mass is 449 g/mol. The molecule has 164 valence electrons. The van der Waals surface area contributed by atoms with Crippen LogP contribution in [0.1, 0.15) is 19.0 Å². The molecule has 0 unspecified atom stereocenters. The van der Waals surface area contributed by atoms with Crippen molar-refractivity contribution in [1.29, 1.82) is 0 Å². The van der Waals surface area contributed by atoms with Crippen LogP contribution in [0, 0.1) is 6.92 Å². The van der Waals surface area contributed by atoms with E-state index in [9.17, 15) is 4.79 Å². The van der Waals surface area contributed by atoms with Crippen LogP contribution in [0.5, 0.6) is 0 Å². The van der Waals surface area contributed by atoms with Gasteiger partial charge in [0.2, 0.25) is 5.95 Å². The summed E-state index contributed by atoms with van der Waals surface area (Å²) in [7, 11) is 0. The largest absolute Gasteiger partial charge is 0.396 e. The molecule has 32 heavy (non-hydrogen) atoms. The number of aromatic nitrogens is 4. The summed E-state index contributed by atoms with van der Waals surface area (Å²) in [6.07, 6.45) is 2.28. The van der Waals surface area contributed by atoms with Crippen molar-refractivity contribution in [2.45, 2.75) is 26.8 Å². The molecule has 0 aliphatic rings. The zero-order valence-electron chi connectivity index (χ0n) is 18.0. The predicted molar refractivity (Wildman–Crippen MR) is 128 cm³/mol. The number of aryl methyl sites for hydroxylation is 2. The van der Waals surface area contributed by atoms with Gasteiger partial charge in [0.05, 0.1) is 5.69 Å². The van der Waals surface area contributed by atoms with Gasteiger partial charge in [-0.2, -0.15) is 4.98 Å². The first kappa shape index (κ1) is 21.9. The summed E-state index contributed by atoms with van der Waals surface area (Å²) < 4.78 is 1.62. The van der Waals surface area contributed by atoms with E-state index in [2.05, 4.69) is 20.3 Å². The molecule has 0 fully saturated rings. The van der Waals surface area contributed by atoms with Crippen molar-refractivity contribution in [2.24, 2.45) is 0 Å². The Hall–Kier alpha value is -3.29. The Morgan fingerprint density at radius 1 is 1.12 bits per heavy atom. The van der Waals surface area contributed by atoms with Crippen molar-refractivity contribution >= 4 is 28.6 Å². The van der Waals surface area contributed by atoms with E-state index in [1.807, 2.05) is 50.2 Å². The minimum atomic E-state index is -0.164. The van der Waals surface area contributed by atoms with Gasteiger partial charge in [0, 0.05) is 58.7 Å². The molecule has 0 atom stereocenters. The van der Waals surface area contributed by atoms with Crippen LogP contribution in [-0.4, -0.2) is 37.8 Å². The standard InChI is InChI=1S/C24H24ClN5O2/c1-3-30-22-17(14-27-24(29-22)26-10-5-11-31)12-19(23(30)32)18-9-8-16(13-20(18)25)21-7-4-6-15(2)28-21/h4,6-9,12-14,31H,3,5,10-11H2,1-2H3,(H,26,27,29). The van der Waals surface area contributed by atoms with E-state index in [-0.39, 0.29) is 12.2 Å². The van der Waals surface area contributed by atoms with Crippen molar-refractivity contribution in [3.63, 3.8) is 0 Å². The highest BCUT2D eigenvalue weighted by atomic mass is 35.5. The van der Waals surface area contributed by atoms with Gasteiger partial charge in [-0.05, 0) is 44.5 Å².